The Morgan fingerprint density at radius 2 is 2.10 bits per heavy atom. The summed E-state index contributed by atoms with van der Waals surface area (Å²) in [5.41, 5.74) is 2.31. The first-order valence-corrected chi connectivity index (χ1v) is 11.0. The molecule has 4 rings (SSSR count). The van der Waals surface area contributed by atoms with Gasteiger partial charge in [0.05, 0.1) is 24.0 Å². The highest BCUT2D eigenvalue weighted by atomic mass is 16.5. The summed E-state index contributed by atoms with van der Waals surface area (Å²) in [5, 5.41) is 4.24. The van der Waals surface area contributed by atoms with Crippen molar-refractivity contribution >= 4 is 5.97 Å². The zero-order valence-electron chi connectivity index (χ0n) is 18.3. The summed E-state index contributed by atoms with van der Waals surface area (Å²) >= 11 is 0. The van der Waals surface area contributed by atoms with Gasteiger partial charge in [-0.2, -0.15) is 0 Å². The lowest BCUT2D eigenvalue weighted by molar-refractivity contribution is -0.159. The van der Waals surface area contributed by atoms with E-state index in [9.17, 15) is 4.79 Å². The number of esters is 1. The number of carbonyl (C=O) groups excluding carboxylic acids is 1. The summed E-state index contributed by atoms with van der Waals surface area (Å²) in [6, 6.07) is 11.9. The van der Waals surface area contributed by atoms with Crippen molar-refractivity contribution in [2.24, 2.45) is 5.41 Å². The first kappa shape index (κ1) is 21.3. The van der Waals surface area contributed by atoms with E-state index >= 15 is 0 Å². The fourth-order valence-electron chi connectivity index (χ4n) is 4.50. The average molecular weight is 423 g/mol. The fraction of sp³-hybridized carbons (Fsp3) is 0.458. The van der Waals surface area contributed by atoms with Crippen molar-refractivity contribution in [2.75, 3.05) is 19.7 Å². The predicted octanol–water partition coefficient (Wildman–Crippen LogP) is 3.95. The predicted molar refractivity (Wildman–Crippen MR) is 117 cm³/mol. The fourth-order valence-corrected chi connectivity index (χ4v) is 4.50. The minimum Gasteiger partial charge on any atom is -0.466 e. The van der Waals surface area contributed by atoms with Crippen molar-refractivity contribution in [3.8, 4) is 11.3 Å². The van der Waals surface area contributed by atoms with E-state index in [4.69, 9.17) is 9.26 Å². The van der Waals surface area contributed by atoms with Gasteiger partial charge in [0.1, 0.15) is 11.5 Å². The lowest BCUT2D eigenvalue weighted by Gasteiger charge is -2.40. The second-order valence-electron chi connectivity index (χ2n) is 8.21. The maximum atomic E-state index is 13.1. The number of imidazole rings is 1. The number of ether oxygens (including phenoxy) is 1. The molecule has 1 aromatic carbocycles. The topological polar surface area (TPSA) is 73.4 Å². The summed E-state index contributed by atoms with van der Waals surface area (Å²) in [7, 11) is 0. The number of aryl methyl sites for hydroxylation is 1. The number of aromatic nitrogens is 3. The third kappa shape index (κ3) is 4.71. The Morgan fingerprint density at radius 1 is 1.26 bits per heavy atom. The summed E-state index contributed by atoms with van der Waals surface area (Å²) < 4.78 is 13.3. The number of rotatable bonds is 8. The number of carbonyl (C=O) groups is 1. The SMILES string of the molecule is CCOC(=O)[C@@]1(Cc2cc(-c3ccccc3)no2)CCCN(Cc2cncn2CC)C1. The van der Waals surface area contributed by atoms with Gasteiger partial charge >= 0.3 is 5.97 Å². The van der Waals surface area contributed by atoms with E-state index in [1.54, 1.807) is 0 Å². The molecule has 0 spiro atoms. The standard InChI is InChI=1S/C24H30N4O3/c1-3-28-18-25-15-20(28)16-27-12-8-11-24(17-27,23(29)30-4-2)14-21-13-22(26-31-21)19-9-6-5-7-10-19/h5-7,9-10,13,15,18H,3-4,8,11-12,14,16-17H2,1-2H3/t24-/m1/s1. The van der Waals surface area contributed by atoms with E-state index in [1.807, 2.05) is 55.8 Å². The van der Waals surface area contributed by atoms with Gasteiger partial charge in [0.25, 0.3) is 0 Å². The largest absolute Gasteiger partial charge is 0.466 e. The van der Waals surface area contributed by atoms with Crippen LogP contribution in [-0.2, 0) is 29.0 Å². The molecule has 1 aliphatic rings. The molecule has 7 nitrogen and oxygen atoms in total. The van der Waals surface area contributed by atoms with Crippen LogP contribution in [0.25, 0.3) is 11.3 Å². The highest BCUT2D eigenvalue weighted by Gasteiger charge is 2.44. The first-order valence-electron chi connectivity index (χ1n) is 11.0. The zero-order valence-corrected chi connectivity index (χ0v) is 18.3. The van der Waals surface area contributed by atoms with E-state index in [2.05, 4.69) is 26.5 Å². The van der Waals surface area contributed by atoms with Gasteiger partial charge in [-0.05, 0) is 33.2 Å². The van der Waals surface area contributed by atoms with Crippen LogP contribution in [0.15, 0.2) is 53.4 Å². The number of likely N-dealkylation sites (tertiary alicyclic amines) is 1. The van der Waals surface area contributed by atoms with E-state index in [-0.39, 0.29) is 5.97 Å². The molecule has 7 heteroatoms. The van der Waals surface area contributed by atoms with Crippen LogP contribution in [0.4, 0.5) is 0 Å². The lowest BCUT2D eigenvalue weighted by atomic mass is 9.76. The molecule has 1 atom stereocenters. The molecule has 3 heterocycles. The van der Waals surface area contributed by atoms with Gasteiger partial charge in [-0.3, -0.25) is 9.69 Å². The van der Waals surface area contributed by atoms with Crippen LogP contribution in [0.1, 0.15) is 38.1 Å². The molecule has 0 aliphatic carbocycles. The maximum absolute atomic E-state index is 13.1. The van der Waals surface area contributed by atoms with E-state index in [1.165, 1.54) is 0 Å². The molecule has 3 aromatic rings. The molecule has 0 saturated carbocycles. The lowest BCUT2D eigenvalue weighted by Crippen LogP contribution is -2.49. The van der Waals surface area contributed by atoms with Gasteiger partial charge in [0, 0.05) is 43.9 Å². The molecule has 164 valence electrons. The summed E-state index contributed by atoms with van der Waals surface area (Å²) in [6.07, 6.45) is 5.95. The molecule has 1 saturated heterocycles. The van der Waals surface area contributed by atoms with E-state index in [0.717, 1.165) is 49.4 Å². The molecule has 0 amide bonds. The van der Waals surface area contributed by atoms with Crippen molar-refractivity contribution in [3.05, 3.63) is 60.4 Å². The number of piperidine rings is 1. The maximum Gasteiger partial charge on any atom is 0.313 e. The van der Waals surface area contributed by atoms with Gasteiger partial charge in [0.15, 0.2) is 0 Å². The Hall–Kier alpha value is -2.93. The van der Waals surface area contributed by atoms with Crippen molar-refractivity contribution in [2.45, 2.75) is 46.2 Å². The molecule has 1 fully saturated rings. The Labute approximate surface area is 183 Å². The van der Waals surface area contributed by atoms with Crippen LogP contribution >= 0.6 is 0 Å². The van der Waals surface area contributed by atoms with E-state index < -0.39 is 5.41 Å². The number of hydrogen-bond donors (Lipinski definition) is 0. The van der Waals surface area contributed by atoms with Crippen LogP contribution in [0, 0.1) is 5.41 Å². The summed E-state index contributed by atoms with van der Waals surface area (Å²) in [4.78, 5) is 19.8. The van der Waals surface area contributed by atoms with Gasteiger partial charge in [-0.15, -0.1) is 0 Å². The third-order valence-corrected chi connectivity index (χ3v) is 6.03. The number of benzene rings is 1. The molecule has 0 N–H and O–H groups in total. The summed E-state index contributed by atoms with van der Waals surface area (Å²) in [6.45, 7) is 7.55. The minimum atomic E-state index is -0.640. The minimum absolute atomic E-state index is 0.152. The average Bonchev–Trinajstić information content (AvgIpc) is 3.44. The normalized spacial score (nSPS) is 19.4. The molecule has 2 aromatic heterocycles. The zero-order chi connectivity index (χ0) is 21.7. The molecule has 0 bridgehead atoms. The smallest absolute Gasteiger partial charge is 0.313 e. The Morgan fingerprint density at radius 3 is 2.87 bits per heavy atom. The second kappa shape index (κ2) is 9.47. The van der Waals surface area contributed by atoms with Crippen LogP contribution in [0.3, 0.4) is 0 Å². The van der Waals surface area contributed by atoms with Crippen LogP contribution in [-0.4, -0.2) is 45.3 Å². The van der Waals surface area contributed by atoms with Crippen LogP contribution < -0.4 is 0 Å². The molecule has 31 heavy (non-hydrogen) atoms. The van der Waals surface area contributed by atoms with Gasteiger partial charge in [0.2, 0.25) is 0 Å². The highest BCUT2D eigenvalue weighted by Crippen LogP contribution is 2.36. The second-order valence-corrected chi connectivity index (χ2v) is 8.21. The quantitative estimate of drug-likeness (QED) is 0.512. The molecular formula is C24H30N4O3. The van der Waals surface area contributed by atoms with E-state index in [0.29, 0.717) is 25.3 Å². The third-order valence-electron chi connectivity index (χ3n) is 6.03. The Bertz CT molecular complexity index is 997. The summed E-state index contributed by atoms with van der Waals surface area (Å²) in [5.74, 6) is 0.564. The van der Waals surface area contributed by atoms with Crippen molar-refractivity contribution in [1.29, 1.82) is 0 Å². The first-order chi connectivity index (χ1) is 15.1. The van der Waals surface area contributed by atoms with Gasteiger partial charge in [-0.25, -0.2) is 4.98 Å². The van der Waals surface area contributed by atoms with Gasteiger partial charge < -0.3 is 13.8 Å². The highest BCUT2D eigenvalue weighted by molar-refractivity contribution is 5.77. The van der Waals surface area contributed by atoms with Crippen molar-refractivity contribution in [1.82, 2.24) is 19.6 Å². The molecule has 0 unspecified atom stereocenters. The van der Waals surface area contributed by atoms with Crippen LogP contribution in [0.5, 0.6) is 0 Å². The molecular weight excluding hydrogens is 392 g/mol. The monoisotopic (exact) mass is 422 g/mol. The van der Waals surface area contributed by atoms with Gasteiger partial charge in [-0.1, -0.05) is 35.5 Å². The van der Waals surface area contributed by atoms with Crippen molar-refractivity contribution < 1.29 is 14.1 Å². The van der Waals surface area contributed by atoms with Crippen LogP contribution in [0.2, 0.25) is 0 Å². The van der Waals surface area contributed by atoms with Crippen molar-refractivity contribution in [3.63, 3.8) is 0 Å². The Kier molecular flexibility index (Phi) is 6.51. The number of nitrogens with zero attached hydrogens (tertiary/aromatic N) is 4. The Balaban J connectivity index is 1.55. The number of hydrogen-bond acceptors (Lipinski definition) is 6. The molecule has 1 aliphatic heterocycles. The molecule has 0 radical (unpaired) electrons.